The van der Waals surface area contributed by atoms with E-state index in [9.17, 15) is 14.7 Å². The molecular formula is C28H25NO4. The van der Waals surface area contributed by atoms with E-state index in [0.717, 1.165) is 28.7 Å². The number of rotatable bonds is 5. The summed E-state index contributed by atoms with van der Waals surface area (Å²) in [6, 6.07) is 23.1. The quantitative estimate of drug-likeness (QED) is 0.610. The fraction of sp³-hybridized carbons (Fsp3) is 0.286. The summed E-state index contributed by atoms with van der Waals surface area (Å²) in [5.41, 5.74) is 3.51. The minimum absolute atomic E-state index is 0.218. The van der Waals surface area contributed by atoms with Gasteiger partial charge in [0.2, 0.25) is 11.8 Å². The highest BCUT2D eigenvalue weighted by molar-refractivity contribution is 6.24. The smallest absolute Gasteiger partial charge is 0.239 e. The fourth-order valence-electron chi connectivity index (χ4n) is 6.41. The van der Waals surface area contributed by atoms with Crippen LogP contribution in [0.5, 0.6) is 5.75 Å². The second kappa shape index (κ2) is 7.29. The topological polar surface area (TPSA) is 66.8 Å². The molecule has 3 aliphatic carbocycles. The Morgan fingerprint density at radius 3 is 2.12 bits per heavy atom. The molecule has 0 radical (unpaired) electrons. The van der Waals surface area contributed by atoms with Gasteiger partial charge in [-0.3, -0.25) is 9.59 Å². The van der Waals surface area contributed by atoms with Crippen molar-refractivity contribution in [3.05, 3.63) is 95.1 Å². The van der Waals surface area contributed by atoms with Crippen LogP contribution >= 0.6 is 0 Å². The number of nitrogens with zero attached hydrogens (tertiary/aromatic N) is 1. The first kappa shape index (κ1) is 20.2. The normalized spacial score (nSPS) is 26.7. The lowest BCUT2D eigenvalue weighted by Crippen LogP contribution is -2.55. The Hall–Kier alpha value is -3.44. The molecule has 166 valence electrons. The standard InChI is InChI=1S/C28H25NO4/c1-2-15-33-22-14-8-7-13-21(22)29-26(31)24-23-17-9-3-5-11-19(17)28(16-30,25(24)27(29)32)20-12-6-4-10-18(20)23/h3-14,23-25,30H,2,15-16H2,1H3/t23?,24-,25+,28?/m1/s1. The van der Waals surface area contributed by atoms with Gasteiger partial charge in [0.1, 0.15) is 5.75 Å². The van der Waals surface area contributed by atoms with Gasteiger partial charge < -0.3 is 9.84 Å². The number of carbonyl (C=O) groups is 2. The molecule has 1 aliphatic heterocycles. The minimum atomic E-state index is -0.951. The number of hydrogen-bond donors (Lipinski definition) is 1. The van der Waals surface area contributed by atoms with Crippen LogP contribution in [0.4, 0.5) is 5.69 Å². The van der Waals surface area contributed by atoms with Crippen LogP contribution in [0, 0.1) is 11.8 Å². The predicted octanol–water partition coefficient (Wildman–Crippen LogP) is 4.02. The molecule has 0 spiro atoms. The first-order chi connectivity index (χ1) is 16.1. The van der Waals surface area contributed by atoms with E-state index < -0.39 is 17.3 Å². The Labute approximate surface area is 192 Å². The van der Waals surface area contributed by atoms with Crippen molar-refractivity contribution >= 4 is 17.5 Å². The van der Waals surface area contributed by atoms with Crippen molar-refractivity contribution in [1.82, 2.24) is 0 Å². The third kappa shape index (κ3) is 2.46. The van der Waals surface area contributed by atoms with E-state index in [4.69, 9.17) is 4.74 Å². The third-order valence-corrected chi connectivity index (χ3v) is 7.61. The van der Waals surface area contributed by atoms with E-state index in [1.165, 1.54) is 4.90 Å². The van der Waals surface area contributed by atoms with Crippen molar-refractivity contribution in [3.8, 4) is 5.75 Å². The molecule has 0 aromatic heterocycles. The summed E-state index contributed by atoms with van der Waals surface area (Å²) < 4.78 is 5.90. The van der Waals surface area contributed by atoms with Crippen LogP contribution in [0.2, 0.25) is 0 Å². The highest BCUT2D eigenvalue weighted by Gasteiger charge is 2.68. The summed E-state index contributed by atoms with van der Waals surface area (Å²) in [6.45, 7) is 2.27. The molecule has 2 amide bonds. The molecule has 1 heterocycles. The van der Waals surface area contributed by atoms with Gasteiger partial charge in [0.15, 0.2) is 0 Å². The number of anilines is 1. The van der Waals surface area contributed by atoms with Gasteiger partial charge in [-0.15, -0.1) is 0 Å². The zero-order valence-electron chi connectivity index (χ0n) is 18.4. The number of ether oxygens (including phenoxy) is 1. The molecule has 7 rings (SSSR count). The van der Waals surface area contributed by atoms with Gasteiger partial charge in [0.25, 0.3) is 0 Å². The summed E-state index contributed by atoms with van der Waals surface area (Å²) in [4.78, 5) is 29.4. The predicted molar refractivity (Wildman–Crippen MR) is 124 cm³/mol. The molecule has 33 heavy (non-hydrogen) atoms. The molecule has 5 nitrogen and oxygen atoms in total. The Balaban J connectivity index is 1.58. The number of benzene rings is 3. The van der Waals surface area contributed by atoms with E-state index in [0.29, 0.717) is 18.0 Å². The summed E-state index contributed by atoms with van der Waals surface area (Å²) in [5.74, 6) is -1.40. The summed E-state index contributed by atoms with van der Waals surface area (Å²) in [6.07, 6.45) is 0.821. The number of aliphatic hydroxyl groups is 1. The molecule has 0 saturated carbocycles. The van der Waals surface area contributed by atoms with Gasteiger partial charge in [-0.2, -0.15) is 0 Å². The molecule has 1 N–H and O–H groups in total. The van der Waals surface area contributed by atoms with Crippen molar-refractivity contribution in [2.45, 2.75) is 24.7 Å². The average molecular weight is 440 g/mol. The average Bonchev–Trinajstić information content (AvgIpc) is 3.13. The highest BCUT2D eigenvalue weighted by atomic mass is 16.5. The molecule has 0 unspecified atom stereocenters. The van der Waals surface area contributed by atoms with Crippen LogP contribution in [0.15, 0.2) is 72.8 Å². The van der Waals surface area contributed by atoms with Crippen molar-refractivity contribution in [1.29, 1.82) is 0 Å². The third-order valence-electron chi connectivity index (χ3n) is 7.61. The highest BCUT2D eigenvalue weighted by Crippen LogP contribution is 2.64. The molecular weight excluding hydrogens is 414 g/mol. The zero-order valence-corrected chi connectivity index (χ0v) is 18.4. The van der Waals surface area contributed by atoms with Gasteiger partial charge in [-0.25, -0.2) is 4.90 Å². The maximum absolute atomic E-state index is 14.1. The molecule has 4 aliphatic rings. The SMILES string of the molecule is CCCOc1ccccc1N1C(=O)[C@@H]2C3c4ccccc4C(CO)(c4ccccc43)[C@@H]2C1=O. The minimum Gasteiger partial charge on any atom is -0.491 e. The largest absolute Gasteiger partial charge is 0.491 e. The number of amides is 2. The Morgan fingerprint density at radius 1 is 0.879 bits per heavy atom. The van der Waals surface area contributed by atoms with Crippen molar-refractivity contribution < 1.29 is 19.4 Å². The molecule has 1 saturated heterocycles. The van der Waals surface area contributed by atoms with E-state index in [1.54, 1.807) is 12.1 Å². The Bertz CT molecular complexity index is 1230. The maximum Gasteiger partial charge on any atom is 0.239 e. The lowest BCUT2D eigenvalue weighted by molar-refractivity contribution is -0.124. The van der Waals surface area contributed by atoms with Crippen LogP contribution in [0.3, 0.4) is 0 Å². The molecule has 2 bridgehead atoms. The van der Waals surface area contributed by atoms with Crippen molar-refractivity contribution in [2.75, 3.05) is 18.1 Å². The monoisotopic (exact) mass is 439 g/mol. The number of carbonyl (C=O) groups excluding carboxylic acids is 2. The van der Waals surface area contributed by atoms with E-state index in [-0.39, 0.29) is 24.3 Å². The van der Waals surface area contributed by atoms with E-state index in [2.05, 4.69) is 0 Å². The lowest BCUT2D eigenvalue weighted by Gasteiger charge is -2.53. The van der Waals surface area contributed by atoms with Gasteiger partial charge in [0.05, 0.1) is 36.2 Å². The van der Waals surface area contributed by atoms with Gasteiger partial charge >= 0.3 is 0 Å². The summed E-state index contributed by atoms with van der Waals surface area (Å²) in [7, 11) is 0. The Morgan fingerprint density at radius 2 is 1.48 bits per heavy atom. The maximum atomic E-state index is 14.1. The Kier molecular flexibility index (Phi) is 4.46. The van der Waals surface area contributed by atoms with E-state index >= 15 is 0 Å². The van der Waals surface area contributed by atoms with E-state index in [1.807, 2.05) is 67.6 Å². The van der Waals surface area contributed by atoms with Gasteiger partial charge in [-0.05, 0) is 40.8 Å². The number of para-hydroxylation sites is 2. The molecule has 3 aromatic carbocycles. The fourth-order valence-corrected chi connectivity index (χ4v) is 6.41. The number of imide groups is 1. The second-order valence-corrected chi connectivity index (χ2v) is 9.11. The van der Waals surface area contributed by atoms with Crippen LogP contribution < -0.4 is 9.64 Å². The van der Waals surface area contributed by atoms with Crippen molar-refractivity contribution in [3.63, 3.8) is 0 Å². The number of aliphatic hydroxyl groups excluding tert-OH is 1. The van der Waals surface area contributed by atoms with Crippen molar-refractivity contribution in [2.24, 2.45) is 11.8 Å². The molecule has 3 aromatic rings. The van der Waals surface area contributed by atoms with Crippen LogP contribution in [0.25, 0.3) is 0 Å². The number of hydrogen-bond acceptors (Lipinski definition) is 4. The lowest BCUT2D eigenvalue weighted by atomic mass is 9.47. The zero-order chi connectivity index (χ0) is 22.7. The molecule has 1 fully saturated rings. The first-order valence-electron chi connectivity index (χ1n) is 11.5. The van der Waals surface area contributed by atoms with Gasteiger partial charge in [0, 0.05) is 5.92 Å². The summed E-state index contributed by atoms with van der Waals surface area (Å²) in [5, 5.41) is 10.9. The first-order valence-corrected chi connectivity index (χ1v) is 11.5. The van der Waals surface area contributed by atoms with Crippen LogP contribution in [-0.4, -0.2) is 30.1 Å². The van der Waals surface area contributed by atoms with Crippen LogP contribution in [0.1, 0.15) is 41.5 Å². The molecule has 2 atom stereocenters. The van der Waals surface area contributed by atoms with Crippen LogP contribution in [-0.2, 0) is 15.0 Å². The summed E-state index contributed by atoms with van der Waals surface area (Å²) >= 11 is 0. The second-order valence-electron chi connectivity index (χ2n) is 9.11. The molecule has 5 heteroatoms. The van der Waals surface area contributed by atoms with Gasteiger partial charge in [-0.1, -0.05) is 67.6 Å².